The number of thioether (sulfide) groups is 1. The van der Waals surface area contributed by atoms with E-state index in [1.165, 1.54) is 17.3 Å². The Morgan fingerprint density at radius 2 is 2.23 bits per heavy atom. The van der Waals surface area contributed by atoms with E-state index in [-0.39, 0.29) is 0 Å². The third kappa shape index (κ3) is 2.76. The molecule has 0 saturated carbocycles. The average Bonchev–Trinajstić information content (AvgIpc) is 2.48. The van der Waals surface area contributed by atoms with E-state index in [2.05, 4.69) is 42.3 Å². The molecular weight excluding hydrogens is 180 g/mol. The number of aromatic nitrogens is 2. The fourth-order valence-electron chi connectivity index (χ4n) is 1.42. The Morgan fingerprint density at radius 3 is 2.77 bits per heavy atom. The minimum absolute atomic E-state index is 1.07. The van der Waals surface area contributed by atoms with Crippen LogP contribution in [0.3, 0.4) is 0 Å². The highest BCUT2D eigenvalue weighted by Crippen LogP contribution is 1.98. The standard InChI is InChI=1S/C10H19N2S/c1-4-11-6-7-12(10(11)3)8-9-13-5-2/h6-7H,4-5,8-9H2,1-3H3/q+1. The van der Waals surface area contributed by atoms with Crippen LogP contribution in [-0.2, 0) is 13.1 Å². The van der Waals surface area contributed by atoms with Crippen LogP contribution < -0.4 is 4.57 Å². The molecule has 0 unspecified atom stereocenters. The Balaban J connectivity index is 2.51. The van der Waals surface area contributed by atoms with E-state index in [1.54, 1.807) is 0 Å². The number of aryl methyl sites for hydroxylation is 2. The Labute approximate surface area is 85.0 Å². The molecule has 1 aromatic rings. The lowest BCUT2D eigenvalue weighted by Crippen LogP contribution is -2.36. The molecule has 0 N–H and O–H groups in total. The molecule has 13 heavy (non-hydrogen) atoms. The van der Waals surface area contributed by atoms with Crippen molar-refractivity contribution in [2.24, 2.45) is 0 Å². The molecule has 1 aromatic heterocycles. The first-order valence-corrected chi connectivity index (χ1v) is 6.08. The Bertz CT molecular complexity index is 255. The molecule has 0 fully saturated rings. The minimum atomic E-state index is 1.07. The van der Waals surface area contributed by atoms with Gasteiger partial charge in [-0.3, -0.25) is 0 Å². The van der Waals surface area contributed by atoms with Gasteiger partial charge in [0.15, 0.2) is 0 Å². The van der Waals surface area contributed by atoms with Gasteiger partial charge in [-0.1, -0.05) is 6.92 Å². The number of hydrogen-bond donors (Lipinski definition) is 0. The van der Waals surface area contributed by atoms with E-state index in [0.717, 1.165) is 13.1 Å². The lowest BCUT2D eigenvalue weighted by Gasteiger charge is -1.98. The van der Waals surface area contributed by atoms with Crippen molar-refractivity contribution in [1.82, 2.24) is 4.57 Å². The van der Waals surface area contributed by atoms with Gasteiger partial charge >= 0.3 is 0 Å². The Morgan fingerprint density at radius 1 is 1.46 bits per heavy atom. The van der Waals surface area contributed by atoms with Gasteiger partial charge in [0.25, 0.3) is 5.82 Å². The summed E-state index contributed by atoms with van der Waals surface area (Å²) in [5.41, 5.74) is 0. The normalized spacial score (nSPS) is 10.7. The Kier molecular flexibility index (Phi) is 4.36. The van der Waals surface area contributed by atoms with Crippen LogP contribution in [0.15, 0.2) is 12.4 Å². The van der Waals surface area contributed by atoms with E-state index in [9.17, 15) is 0 Å². The molecule has 0 spiro atoms. The predicted molar refractivity (Wildman–Crippen MR) is 58.0 cm³/mol. The van der Waals surface area contributed by atoms with Gasteiger partial charge in [0.2, 0.25) is 0 Å². The van der Waals surface area contributed by atoms with Gasteiger partial charge in [0.05, 0.1) is 13.1 Å². The fourth-order valence-corrected chi connectivity index (χ4v) is 2.03. The maximum absolute atomic E-state index is 2.33. The average molecular weight is 199 g/mol. The first-order valence-electron chi connectivity index (χ1n) is 4.92. The van der Waals surface area contributed by atoms with Gasteiger partial charge < -0.3 is 0 Å². The fraction of sp³-hybridized carbons (Fsp3) is 0.700. The SMILES string of the molecule is CCSCC[n+]1ccn(CC)c1C. The highest BCUT2D eigenvalue weighted by Gasteiger charge is 2.08. The van der Waals surface area contributed by atoms with Crippen molar-refractivity contribution in [3.63, 3.8) is 0 Å². The number of hydrogen-bond acceptors (Lipinski definition) is 1. The van der Waals surface area contributed by atoms with Crippen molar-refractivity contribution < 1.29 is 4.57 Å². The van der Waals surface area contributed by atoms with Crippen LogP contribution in [0.4, 0.5) is 0 Å². The zero-order chi connectivity index (χ0) is 9.68. The first kappa shape index (κ1) is 10.6. The van der Waals surface area contributed by atoms with Crippen LogP contribution in [0.2, 0.25) is 0 Å². The lowest BCUT2D eigenvalue weighted by atomic mass is 10.6. The van der Waals surface area contributed by atoms with Crippen LogP contribution in [0, 0.1) is 6.92 Å². The molecule has 0 saturated heterocycles. The molecule has 3 heteroatoms. The topological polar surface area (TPSA) is 8.81 Å². The van der Waals surface area contributed by atoms with Gasteiger partial charge in [-0.05, 0) is 12.7 Å². The molecule has 0 aromatic carbocycles. The zero-order valence-electron chi connectivity index (χ0n) is 8.79. The van der Waals surface area contributed by atoms with Crippen molar-refractivity contribution in [1.29, 1.82) is 0 Å². The molecule has 0 bridgehead atoms. The summed E-state index contributed by atoms with van der Waals surface area (Å²) in [6.45, 7) is 8.77. The molecule has 0 amide bonds. The van der Waals surface area contributed by atoms with Crippen molar-refractivity contribution in [3.8, 4) is 0 Å². The van der Waals surface area contributed by atoms with E-state index < -0.39 is 0 Å². The van der Waals surface area contributed by atoms with Crippen LogP contribution in [0.5, 0.6) is 0 Å². The molecule has 0 radical (unpaired) electrons. The number of nitrogens with zero attached hydrogens (tertiary/aromatic N) is 2. The van der Waals surface area contributed by atoms with Crippen molar-refractivity contribution in [2.75, 3.05) is 11.5 Å². The van der Waals surface area contributed by atoms with E-state index in [1.807, 2.05) is 11.8 Å². The maximum Gasteiger partial charge on any atom is 0.253 e. The largest absolute Gasteiger partial charge is 0.253 e. The van der Waals surface area contributed by atoms with Crippen LogP contribution in [0.1, 0.15) is 19.7 Å². The van der Waals surface area contributed by atoms with Gasteiger partial charge in [-0.2, -0.15) is 11.8 Å². The lowest BCUT2D eigenvalue weighted by molar-refractivity contribution is -0.698. The van der Waals surface area contributed by atoms with Crippen LogP contribution in [0.25, 0.3) is 0 Å². The summed E-state index contributed by atoms with van der Waals surface area (Å²) in [6, 6.07) is 0. The minimum Gasteiger partial charge on any atom is -0.235 e. The highest BCUT2D eigenvalue weighted by atomic mass is 32.2. The van der Waals surface area contributed by atoms with Crippen LogP contribution in [-0.4, -0.2) is 16.1 Å². The Hall–Kier alpha value is -0.440. The monoisotopic (exact) mass is 199 g/mol. The molecule has 74 valence electrons. The van der Waals surface area contributed by atoms with E-state index >= 15 is 0 Å². The smallest absolute Gasteiger partial charge is 0.235 e. The molecule has 0 aliphatic carbocycles. The summed E-state index contributed by atoms with van der Waals surface area (Å²) >= 11 is 2.00. The second-order valence-corrected chi connectivity index (χ2v) is 4.42. The zero-order valence-corrected chi connectivity index (χ0v) is 9.60. The van der Waals surface area contributed by atoms with Gasteiger partial charge in [0, 0.05) is 12.7 Å². The summed E-state index contributed by atoms with van der Waals surface area (Å²) in [5, 5.41) is 0. The third-order valence-corrected chi connectivity index (χ3v) is 3.16. The number of imidazole rings is 1. The van der Waals surface area contributed by atoms with Gasteiger partial charge in [-0.25, -0.2) is 9.13 Å². The second kappa shape index (κ2) is 5.32. The molecule has 0 atom stereocenters. The molecule has 0 aliphatic heterocycles. The van der Waals surface area contributed by atoms with Gasteiger partial charge in [0.1, 0.15) is 12.4 Å². The maximum atomic E-state index is 2.33. The molecule has 1 rings (SSSR count). The van der Waals surface area contributed by atoms with E-state index in [0.29, 0.717) is 0 Å². The summed E-state index contributed by atoms with van der Waals surface area (Å²) in [5.74, 6) is 3.79. The quantitative estimate of drug-likeness (QED) is 0.519. The van der Waals surface area contributed by atoms with Crippen molar-refractivity contribution in [3.05, 3.63) is 18.2 Å². The number of rotatable bonds is 5. The first-order chi connectivity index (χ1) is 6.29. The molecule has 2 nitrogen and oxygen atoms in total. The molecule has 0 aliphatic rings. The summed E-state index contributed by atoms with van der Waals surface area (Å²) in [6.07, 6.45) is 4.33. The van der Waals surface area contributed by atoms with E-state index in [4.69, 9.17) is 0 Å². The summed E-state index contributed by atoms with van der Waals surface area (Å²) < 4.78 is 4.60. The molecular formula is C10H19N2S+. The van der Waals surface area contributed by atoms with Crippen molar-refractivity contribution in [2.45, 2.75) is 33.9 Å². The highest BCUT2D eigenvalue weighted by molar-refractivity contribution is 7.99. The van der Waals surface area contributed by atoms with Crippen molar-refractivity contribution >= 4 is 11.8 Å². The second-order valence-electron chi connectivity index (χ2n) is 3.02. The molecule has 1 heterocycles. The van der Waals surface area contributed by atoms with Gasteiger partial charge in [-0.15, -0.1) is 0 Å². The predicted octanol–water partition coefficient (Wildman–Crippen LogP) is 1.86. The summed E-state index contributed by atoms with van der Waals surface area (Å²) in [4.78, 5) is 0. The third-order valence-electron chi connectivity index (χ3n) is 2.28. The van der Waals surface area contributed by atoms with Crippen LogP contribution >= 0.6 is 11.8 Å². The summed E-state index contributed by atoms with van der Waals surface area (Å²) in [7, 11) is 0.